The summed E-state index contributed by atoms with van der Waals surface area (Å²) in [6.07, 6.45) is -0.469. The lowest BCUT2D eigenvalue weighted by Gasteiger charge is -2.12. The third-order valence-electron chi connectivity index (χ3n) is 3.35. The quantitative estimate of drug-likeness (QED) is 0.781. The number of fused-ring (bicyclic) bond motifs is 1. The van der Waals surface area contributed by atoms with Crippen LogP contribution in [0.1, 0.15) is 12.7 Å². The number of aliphatic hydroxyl groups is 1. The molecule has 0 radical (unpaired) electrons. The molecule has 0 aliphatic rings. The van der Waals surface area contributed by atoms with Crippen molar-refractivity contribution in [3.8, 4) is 5.75 Å². The zero-order valence-electron chi connectivity index (χ0n) is 12.2. The predicted octanol–water partition coefficient (Wildman–Crippen LogP) is 3.65. The highest BCUT2D eigenvalue weighted by Crippen LogP contribution is 2.22. The molecule has 0 amide bonds. The van der Waals surface area contributed by atoms with Crippen LogP contribution in [0.5, 0.6) is 5.75 Å². The number of nitrogens with zero attached hydrogens (tertiary/aromatic N) is 2. The number of hydrogen-bond acceptors (Lipinski definition) is 3. The highest BCUT2D eigenvalue weighted by Gasteiger charge is 2.13. The predicted molar refractivity (Wildman–Crippen MR) is 87.2 cm³/mol. The lowest BCUT2D eigenvalue weighted by atomic mass is 10.3. The molecule has 0 saturated carbocycles. The van der Waals surface area contributed by atoms with E-state index >= 15 is 0 Å². The molecule has 2 aromatic carbocycles. The number of rotatable bonds is 5. The molecule has 5 heteroatoms. The van der Waals surface area contributed by atoms with Gasteiger partial charge in [0.15, 0.2) is 0 Å². The lowest BCUT2D eigenvalue weighted by molar-refractivity contribution is 0.171. The van der Waals surface area contributed by atoms with Crippen molar-refractivity contribution in [1.29, 1.82) is 0 Å². The third-order valence-corrected chi connectivity index (χ3v) is 3.58. The van der Waals surface area contributed by atoms with E-state index < -0.39 is 6.10 Å². The first-order chi connectivity index (χ1) is 10.6. The summed E-state index contributed by atoms with van der Waals surface area (Å²) in [4.78, 5) is 4.58. The van der Waals surface area contributed by atoms with Gasteiger partial charge in [-0.2, -0.15) is 0 Å². The molecule has 3 aromatic rings. The molecule has 4 nitrogen and oxygen atoms in total. The number of halogens is 1. The molecule has 3 rings (SSSR count). The highest BCUT2D eigenvalue weighted by molar-refractivity contribution is 6.31. The minimum atomic E-state index is -0.469. The average molecular weight is 317 g/mol. The summed E-state index contributed by atoms with van der Waals surface area (Å²) in [5.41, 5.74) is 1.75. The Labute approximate surface area is 133 Å². The van der Waals surface area contributed by atoms with E-state index in [2.05, 4.69) is 4.98 Å². The summed E-state index contributed by atoms with van der Waals surface area (Å²) in [7, 11) is 0. The van der Waals surface area contributed by atoms with E-state index in [1.165, 1.54) is 0 Å². The Kier molecular flexibility index (Phi) is 4.32. The summed E-state index contributed by atoms with van der Waals surface area (Å²) in [5.74, 6) is 1.55. The average Bonchev–Trinajstić information content (AvgIpc) is 2.82. The summed E-state index contributed by atoms with van der Waals surface area (Å²) in [6, 6.07) is 15.2. The van der Waals surface area contributed by atoms with E-state index in [0.29, 0.717) is 18.2 Å². The van der Waals surface area contributed by atoms with Gasteiger partial charge < -0.3 is 14.4 Å². The SMILES string of the molecule is CC(O)Cn1c(COc2ccccc2)nc2cc(Cl)ccc21. The zero-order valence-corrected chi connectivity index (χ0v) is 13.0. The Morgan fingerprint density at radius 1 is 1.23 bits per heavy atom. The van der Waals surface area contributed by atoms with Crippen molar-refractivity contribution in [3.63, 3.8) is 0 Å². The minimum Gasteiger partial charge on any atom is -0.486 e. The van der Waals surface area contributed by atoms with Gasteiger partial charge >= 0.3 is 0 Å². The third kappa shape index (κ3) is 3.24. The van der Waals surface area contributed by atoms with Crippen LogP contribution in [0.4, 0.5) is 0 Å². The van der Waals surface area contributed by atoms with Gasteiger partial charge in [0.2, 0.25) is 0 Å². The van der Waals surface area contributed by atoms with Crippen molar-refractivity contribution in [3.05, 3.63) is 59.4 Å². The molecule has 1 heterocycles. The Morgan fingerprint density at radius 3 is 2.73 bits per heavy atom. The van der Waals surface area contributed by atoms with Gasteiger partial charge in [0.05, 0.1) is 23.7 Å². The number of imidazole rings is 1. The van der Waals surface area contributed by atoms with Gasteiger partial charge in [-0.15, -0.1) is 0 Å². The Hall–Kier alpha value is -2.04. The number of aliphatic hydroxyl groups excluding tert-OH is 1. The second kappa shape index (κ2) is 6.38. The maximum atomic E-state index is 9.73. The van der Waals surface area contributed by atoms with Crippen LogP contribution in [-0.2, 0) is 13.2 Å². The first-order valence-electron chi connectivity index (χ1n) is 7.14. The van der Waals surface area contributed by atoms with Crippen LogP contribution in [-0.4, -0.2) is 20.8 Å². The molecule has 1 N–H and O–H groups in total. The monoisotopic (exact) mass is 316 g/mol. The molecule has 1 aromatic heterocycles. The molecule has 0 aliphatic carbocycles. The molecular formula is C17H17ClN2O2. The number of ether oxygens (including phenoxy) is 1. The van der Waals surface area contributed by atoms with E-state index in [1.807, 2.05) is 53.1 Å². The largest absolute Gasteiger partial charge is 0.486 e. The normalized spacial score (nSPS) is 12.5. The maximum absolute atomic E-state index is 9.73. The lowest BCUT2D eigenvalue weighted by Crippen LogP contribution is -2.15. The minimum absolute atomic E-state index is 0.336. The van der Waals surface area contributed by atoms with Crippen LogP contribution in [0.2, 0.25) is 5.02 Å². The van der Waals surface area contributed by atoms with Crippen LogP contribution < -0.4 is 4.74 Å². The Balaban J connectivity index is 1.93. The first kappa shape index (κ1) is 14.9. The number of hydrogen-bond donors (Lipinski definition) is 1. The van der Waals surface area contributed by atoms with Crippen molar-refractivity contribution < 1.29 is 9.84 Å². The molecule has 114 valence electrons. The Morgan fingerprint density at radius 2 is 2.00 bits per heavy atom. The fourth-order valence-electron chi connectivity index (χ4n) is 2.40. The topological polar surface area (TPSA) is 47.3 Å². The Bertz CT molecular complexity index is 769. The second-order valence-electron chi connectivity index (χ2n) is 5.22. The fraction of sp³-hybridized carbons (Fsp3) is 0.235. The summed E-state index contributed by atoms with van der Waals surface area (Å²) < 4.78 is 7.75. The summed E-state index contributed by atoms with van der Waals surface area (Å²) in [6.45, 7) is 2.55. The summed E-state index contributed by atoms with van der Waals surface area (Å²) in [5, 5.41) is 10.4. The molecule has 1 unspecified atom stereocenters. The van der Waals surface area contributed by atoms with Gasteiger partial charge in [-0.1, -0.05) is 29.8 Å². The number of aromatic nitrogens is 2. The van der Waals surface area contributed by atoms with Crippen LogP contribution >= 0.6 is 11.6 Å². The zero-order chi connectivity index (χ0) is 15.5. The highest BCUT2D eigenvalue weighted by atomic mass is 35.5. The van der Waals surface area contributed by atoms with E-state index in [-0.39, 0.29) is 0 Å². The van der Waals surface area contributed by atoms with Crippen LogP contribution in [0.3, 0.4) is 0 Å². The van der Waals surface area contributed by atoms with Gasteiger partial charge in [0.25, 0.3) is 0 Å². The molecule has 0 bridgehead atoms. The molecular weight excluding hydrogens is 300 g/mol. The van der Waals surface area contributed by atoms with E-state index in [1.54, 1.807) is 6.92 Å². The van der Waals surface area contributed by atoms with Gasteiger partial charge in [0.1, 0.15) is 18.2 Å². The van der Waals surface area contributed by atoms with E-state index in [0.717, 1.165) is 22.6 Å². The van der Waals surface area contributed by atoms with Crippen molar-refractivity contribution >= 4 is 22.6 Å². The van der Waals surface area contributed by atoms with Gasteiger partial charge in [-0.3, -0.25) is 0 Å². The first-order valence-corrected chi connectivity index (χ1v) is 7.52. The van der Waals surface area contributed by atoms with Crippen molar-refractivity contribution in [2.45, 2.75) is 26.2 Å². The smallest absolute Gasteiger partial charge is 0.148 e. The van der Waals surface area contributed by atoms with Crippen molar-refractivity contribution in [2.75, 3.05) is 0 Å². The second-order valence-corrected chi connectivity index (χ2v) is 5.66. The van der Waals surface area contributed by atoms with Gasteiger partial charge in [-0.25, -0.2) is 4.98 Å². The van der Waals surface area contributed by atoms with Gasteiger partial charge in [-0.05, 0) is 37.3 Å². The van der Waals surface area contributed by atoms with Crippen LogP contribution in [0, 0.1) is 0 Å². The number of para-hydroxylation sites is 1. The number of benzene rings is 2. The van der Waals surface area contributed by atoms with Crippen LogP contribution in [0.25, 0.3) is 11.0 Å². The van der Waals surface area contributed by atoms with Crippen molar-refractivity contribution in [1.82, 2.24) is 9.55 Å². The standard InChI is InChI=1S/C17H17ClN2O2/c1-12(21)10-20-16-8-7-13(18)9-15(16)19-17(20)11-22-14-5-3-2-4-6-14/h2-9,12,21H,10-11H2,1H3. The molecule has 0 spiro atoms. The fourth-order valence-corrected chi connectivity index (χ4v) is 2.56. The molecule has 22 heavy (non-hydrogen) atoms. The molecule has 0 aliphatic heterocycles. The molecule has 0 fully saturated rings. The van der Waals surface area contributed by atoms with E-state index in [9.17, 15) is 5.11 Å². The van der Waals surface area contributed by atoms with Crippen molar-refractivity contribution in [2.24, 2.45) is 0 Å². The van der Waals surface area contributed by atoms with Gasteiger partial charge in [0, 0.05) is 5.02 Å². The molecule has 1 atom stereocenters. The maximum Gasteiger partial charge on any atom is 0.148 e. The molecule has 0 saturated heterocycles. The van der Waals surface area contributed by atoms with Crippen LogP contribution in [0.15, 0.2) is 48.5 Å². The summed E-state index contributed by atoms with van der Waals surface area (Å²) >= 11 is 6.03. The van der Waals surface area contributed by atoms with E-state index in [4.69, 9.17) is 16.3 Å².